The van der Waals surface area contributed by atoms with E-state index in [1.807, 2.05) is 67.6 Å². The molecule has 2 aliphatic rings. The molecule has 0 heterocycles. The van der Waals surface area contributed by atoms with E-state index in [4.69, 9.17) is 0 Å². The number of hydrogen-bond donors (Lipinski definition) is 0. The average Bonchev–Trinajstić information content (AvgIpc) is 2.81. The predicted octanol–water partition coefficient (Wildman–Crippen LogP) is 5.56. The van der Waals surface area contributed by atoms with Crippen molar-refractivity contribution in [2.24, 2.45) is 11.8 Å². The van der Waals surface area contributed by atoms with E-state index < -0.39 is 15.3 Å². The lowest BCUT2D eigenvalue weighted by Crippen LogP contribution is -2.67. The van der Waals surface area contributed by atoms with Crippen LogP contribution in [0.4, 0.5) is 0 Å². The maximum atomic E-state index is 13.7. The molecule has 0 amide bonds. The minimum Gasteiger partial charge on any atom is -0.223 e. The Bertz CT molecular complexity index is 1220. The first-order valence-electron chi connectivity index (χ1n) is 11.0. The highest BCUT2D eigenvalue weighted by Crippen LogP contribution is 2.63. The zero-order valence-corrected chi connectivity index (χ0v) is 18.5. The minimum absolute atomic E-state index is 0.0103. The number of hydrogen-bond acceptors (Lipinski definition) is 2. The smallest absolute Gasteiger partial charge is 0.181 e. The summed E-state index contributed by atoms with van der Waals surface area (Å²) in [5, 5.41) is -0.366. The molecule has 3 aromatic carbocycles. The van der Waals surface area contributed by atoms with Crippen LogP contribution in [0, 0.1) is 30.6 Å². The molecular formula is C28H26O2S. The van der Waals surface area contributed by atoms with Crippen LogP contribution in [-0.4, -0.2) is 13.7 Å². The molecular weight excluding hydrogens is 400 g/mol. The van der Waals surface area contributed by atoms with Gasteiger partial charge >= 0.3 is 0 Å². The first kappa shape index (κ1) is 20.1. The molecule has 156 valence electrons. The summed E-state index contributed by atoms with van der Waals surface area (Å²) in [5.74, 6) is 7.03. The van der Waals surface area contributed by atoms with Gasteiger partial charge in [-0.15, -0.1) is 0 Å². The molecule has 2 atom stereocenters. The van der Waals surface area contributed by atoms with Crippen LogP contribution in [0.1, 0.15) is 36.0 Å². The van der Waals surface area contributed by atoms with Crippen LogP contribution in [0.2, 0.25) is 0 Å². The van der Waals surface area contributed by atoms with Crippen molar-refractivity contribution in [3.05, 3.63) is 102 Å². The first-order chi connectivity index (χ1) is 15.0. The second-order valence-electron chi connectivity index (χ2n) is 8.82. The van der Waals surface area contributed by atoms with Crippen molar-refractivity contribution < 1.29 is 8.42 Å². The molecule has 2 unspecified atom stereocenters. The van der Waals surface area contributed by atoms with Crippen LogP contribution < -0.4 is 0 Å². The van der Waals surface area contributed by atoms with Gasteiger partial charge in [-0.05, 0) is 61.4 Å². The Labute approximate surface area is 185 Å². The SMILES string of the molecule is Cc1ccc(S(=O)(=O)C2C3CCCC2C3(C#Cc2ccccc2)c2ccccc2)cc1. The number of sulfone groups is 1. The fourth-order valence-corrected chi connectivity index (χ4v) is 8.11. The van der Waals surface area contributed by atoms with Gasteiger partial charge in [0.2, 0.25) is 0 Å². The lowest BCUT2D eigenvalue weighted by Gasteiger charge is -2.62. The van der Waals surface area contributed by atoms with Gasteiger partial charge in [-0.2, -0.15) is 0 Å². The number of rotatable bonds is 3. The van der Waals surface area contributed by atoms with Crippen molar-refractivity contribution in [3.8, 4) is 11.8 Å². The second kappa shape index (κ2) is 7.70. The highest BCUT2D eigenvalue weighted by atomic mass is 32.2. The molecule has 5 rings (SSSR count). The maximum absolute atomic E-state index is 13.7. The Morgan fingerprint density at radius 3 is 2.00 bits per heavy atom. The van der Waals surface area contributed by atoms with E-state index in [0.717, 1.165) is 36.0 Å². The van der Waals surface area contributed by atoms with E-state index >= 15 is 0 Å². The Hall–Kier alpha value is -2.83. The normalized spacial score (nSPS) is 26.9. The molecule has 3 heteroatoms. The largest absolute Gasteiger partial charge is 0.223 e. The van der Waals surface area contributed by atoms with Gasteiger partial charge in [-0.3, -0.25) is 0 Å². The van der Waals surface area contributed by atoms with E-state index in [1.165, 1.54) is 0 Å². The third-order valence-electron chi connectivity index (χ3n) is 7.14. The van der Waals surface area contributed by atoms with Crippen LogP contribution in [0.15, 0.2) is 89.8 Å². The van der Waals surface area contributed by atoms with E-state index in [2.05, 4.69) is 24.0 Å². The van der Waals surface area contributed by atoms with Crippen molar-refractivity contribution in [1.29, 1.82) is 0 Å². The molecule has 0 aliphatic heterocycles. The Morgan fingerprint density at radius 2 is 1.39 bits per heavy atom. The van der Waals surface area contributed by atoms with Crippen molar-refractivity contribution >= 4 is 9.84 Å². The molecule has 2 bridgehead atoms. The van der Waals surface area contributed by atoms with Gasteiger partial charge in [0.05, 0.1) is 15.6 Å². The summed E-state index contributed by atoms with van der Waals surface area (Å²) < 4.78 is 27.4. The summed E-state index contributed by atoms with van der Waals surface area (Å²) in [5.41, 5.74) is 2.79. The highest BCUT2D eigenvalue weighted by molar-refractivity contribution is 7.92. The van der Waals surface area contributed by atoms with Crippen LogP contribution >= 0.6 is 0 Å². The molecule has 31 heavy (non-hydrogen) atoms. The zero-order chi connectivity index (χ0) is 21.5. The summed E-state index contributed by atoms with van der Waals surface area (Å²) in [6.07, 6.45) is 2.85. The molecule has 0 N–H and O–H groups in total. The molecule has 0 saturated heterocycles. The van der Waals surface area contributed by atoms with E-state index in [-0.39, 0.29) is 17.1 Å². The van der Waals surface area contributed by atoms with E-state index in [1.54, 1.807) is 12.1 Å². The minimum atomic E-state index is -3.41. The Morgan fingerprint density at radius 1 is 0.806 bits per heavy atom. The van der Waals surface area contributed by atoms with E-state index in [9.17, 15) is 8.42 Å². The van der Waals surface area contributed by atoms with Gasteiger partial charge in [-0.1, -0.05) is 84.5 Å². The summed E-state index contributed by atoms with van der Waals surface area (Å²) in [6, 6.07) is 27.6. The quantitative estimate of drug-likeness (QED) is 0.514. The summed E-state index contributed by atoms with van der Waals surface area (Å²) in [6.45, 7) is 1.98. The van der Waals surface area contributed by atoms with Gasteiger partial charge in [0.15, 0.2) is 9.84 Å². The zero-order valence-electron chi connectivity index (χ0n) is 17.7. The molecule has 0 spiro atoms. The molecule has 0 radical (unpaired) electrons. The monoisotopic (exact) mass is 426 g/mol. The fraction of sp³-hybridized carbons (Fsp3) is 0.286. The highest BCUT2D eigenvalue weighted by Gasteiger charge is 2.67. The molecule has 2 fully saturated rings. The number of fused-ring (bicyclic) bond motifs is 2. The van der Waals surface area contributed by atoms with Gasteiger partial charge in [-0.25, -0.2) is 8.42 Å². The van der Waals surface area contributed by atoms with E-state index in [0.29, 0.717) is 4.90 Å². The molecule has 2 saturated carbocycles. The summed E-state index contributed by atoms with van der Waals surface area (Å²) >= 11 is 0. The van der Waals surface area contributed by atoms with Crippen LogP contribution in [-0.2, 0) is 15.3 Å². The topological polar surface area (TPSA) is 34.1 Å². The van der Waals surface area contributed by atoms with Gasteiger partial charge in [0.25, 0.3) is 0 Å². The maximum Gasteiger partial charge on any atom is 0.181 e. The van der Waals surface area contributed by atoms with Crippen molar-refractivity contribution in [2.75, 3.05) is 0 Å². The second-order valence-corrected chi connectivity index (χ2v) is 10.9. The standard InChI is InChI=1S/C28H26O2S/c1-21-15-17-24(18-16-21)31(29,30)27-25-13-8-14-26(27)28(25,23-11-6-3-7-12-23)20-19-22-9-4-2-5-10-22/h2-7,9-12,15-18,25-27H,8,13-14H2,1H3. The third-order valence-corrected chi connectivity index (χ3v) is 9.44. The predicted molar refractivity (Wildman–Crippen MR) is 124 cm³/mol. The first-order valence-corrected chi connectivity index (χ1v) is 12.5. The van der Waals surface area contributed by atoms with Crippen molar-refractivity contribution in [1.82, 2.24) is 0 Å². The van der Waals surface area contributed by atoms with Crippen LogP contribution in [0.25, 0.3) is 0 Å². The van der Waals surface area contributed by atoms with Gasteiger partial charge in [0, 0.05) is 5.56 Å². The third kappa shape index (κ3) is 3.22. The van der Waals surface area contributed by atoms with Crippen molar-refractivity contribution in [3.63, 3.8) is 0 Å². The van der Waals surface area contributed by atoms with Gasteiger partial charge < -0.3 is 0 Å². The molecule has 0 aromatic heterocycles. The van der Waals surface area contributed by atoms with Crippen LogP contribution in [0.5, 0.6) is 0 Å². The summed E-state index contributed by atoms with van der Waals surface area (Å²) in [7, 11) is -3.41. The van der Waals surface area contributed by atoms with Gasteiger partial charge in [0.1, 0.15) is 0 Å². The molecule has 2 nitrogen and oxygen atoms in total. The Balaban J connectivity index is 1.61. The molecule has 3 aromatic rings. The average molecular weight is 427 g/mol. The lowest BCUT2D eigenvalue weighted by molar-refractivity contribution is 0.0251. The number of aryl methyl sites for hydroxylation is 1. The fourth-order valence-electron chi connectivity index (χ4n) is 5.71. The number of benzene rings is 3. The lowest BCUT2D eigenvalue weighted by atomic mass is 9.44. The molecule has 2 aliphatic carbocycles. The van der Waals surface area contributed by atoms with Crippen LogP contribution in [0.3, 0.4) is 0 Å². The van der Waals surface area contributed by atoms with Crippen molar-refractivity contribution in [2.45, 2.75) is 41.7 Å². The summed E-state index contributed by atoms with van der Waals surface area (Å²) in [4.78, 5) is 0.442. The Kier molecular flexibility index (Phi) is 4.99.